The van der Waals surface area contributed by atoms with Gasteiger partial charge in [0.15, 0.2) is 4.90 Å². The van der Waals surface area contributed by atoms with Gasteiger partial charge in [0.2, 0.25) is 10.0 Å². The van der Waals surface area contributed by atoms with Gasteiger partial charge in [0, 0.05) is 25.3 Å². The summed E-state index contributed by atoms with van der Waals surface area (Å²) >= 11 is 0. The molecule has 0 aromatic heterocycles. The zero-order valence-electron chi connectivity index (χ0n) is 15.3. The van der Waals surface area contributed by atoms with E-state index in [2.05, 4.69) is 9.62 Å². The van der Waals surface area contributed by atoms with Crippen LogP contribution >= 0.6 is 0 Å². The molecule has 0 atom stereocenters. The molecular weight excluding hydrogens is 370 g/mol. The maximum atomic E-state index is 12.5. The number of benzene rings is 2. The Labute approximate surface area is 159 Å². The highest BCUT2D eigenvalue weighted by atomic mass is 32.2. The molecule has 0 saturated carbocycles. The molecule has 146 valence electrons. The first-order valence-electron chi connectivity index (χ1n) is 8.51. The highest BCUT2D eigenvalue weighted by molar-refractivity contribution is 7.89. The summed E-state index contributed by atoms with van der Waals surface area (Å²) in [7, 11) is -2.64. The average molecular weight is 393 g/mol. The first-order valence-corrected chi connectivity index (χ1v) is 9.99. The van der Waals surface area contributed by atoms with E-state index in [1.54, 1.807) is 0 Å². The van der Waals surface area contributed by atoms with E-state index in [4.69, 9.17) is 4.74 Å². The van der Waals surface area contributed by atoms with Gasteiger partial charge in [0.1, 0.15) is 5.75 Å². The Morgan fingerprint density at radius 2 is 1.89 bits per heavy atom. The molecule has 9 heteroatoms. The number of ether oxygens (including phenoxy) is 1. The fourth-order valence-electron chi connectivity index (χ4n) is 2.66. The van der Waals surface area contributed by atoms with E-state index in [-0.39, 0.29) is 17.2 Å². The highest BCUT2D eigenvalue weighted by Crippen LogP contribution is 2.28. The summed E-state index contributed by atoms with van der Waals surface area (Å²) in [4.78, 5) is 12.2. The summed E-state index contributed by atoms with van der Waals surface area (Å²) in [6.07, 6.45) is 0.561. The first kappa shape index (κ1) is 20.7. The summed E-state index contributed by atoms with van der Waals surface area (Å²) in [5.74, 6) is 0.224. The van der Waals surface area contributed by atoms with Gasteiger partial charge in [-0.3, -0.25) is 10.1 Å². The van der Waals surface area contributed by atoms with Crippen LogP contribution in [0, 0.1) is 10.1 Å². The Hall–Kier alpha value is -2.65. The second-order valence-corrected chi connectivity index (χ2v) is 7.49. The predicted octanol–water partition coefficient (Wildman–Crippen LogP) is 2.80. The molecule has 2 rings (SSSR count). The lowest BCUT2D eigenvalue weighted by Gasteiger charge is -2.23. The maximum Gasteiger partial charge on any atom is 0.293 e. The average Bonchev–Trinajstić information content (AvgIpc) is 2.68. The second kappa shape index (κ2) is 9.33. The number of nitro groups is 1. The molecule has 2 aromatic carbocycles. The minimum atomic E-state index is -4.00. The largest absolute Gasteiger partial charge is 0.497 e. The molecule has 27 heavy (non-hydrogen) atoms. The number of anilines is 1. The van der Waals surface area contributed by atoms with E-state index in [1.807, 2.05) is 37.3 Å². The van der Waals surface area contributed by atoms with Crippen molar-refractivity contribution in [3.05, 3.63) is 58.6 Å². The van der Waals surface area contributed by atoms with Crippen LogP contribution in [0.2, 0.25) is 0 Å². The van der Waals surface area contributed by atoms with Crippen molar-refractivity contribution in [1.29, 1.82) is 0 Å². The lowest BCUT2D eigenvalue weighted by atomic mass is 10.2. The molecule has 0 radical (unpaired) electrons. The molecule has 8 nitrogen and oxygen atoms in total. The van der Waals surface area contributed by atoms with Crippen molar-refractivity contribution in [3.8, 4) is 5.75 Å². The van der Waals surface area contributed by atoms with Crippen molar-refractivity contribution in [3.63, 3.8) is 0 Å². The third kappa shape index (κ3) is 5.41. The standard InChI is InChI=1S/C18H23N3O5S/c1-3-20(15-8-5-4-6-9-15)13-7-12-19-27(24,25)18-11-10-16(26-2)14-17(18)21(22)23/h4-6,8-11,14,19H,3,7,12-13H2,1-2H3. The molecule has 0 aliphatic carbocycles. The number of nitro benzene ring substituents is 1. The Morgan fingerprint density at radius 3 is 2.48 bits per heavy atom. The first-order chi connectivity index (χ1) is 12.9. The third-order valence-electron chi connectivity index (χ3n) is 4.05. The van der Waals surface area contributed by atoms with E-state index < -0.39 is 20.6 Å². The number of nitrogens with one attached hydrogen (secondary N) is 1. The molecule has 0 saturated heterocycles. The van der Waals surface area contributed by atoms with Crippen molar-refractivity contribution < 1.29 is 18.1 Å². The van der Waals surface area contributed by atoms with Gasteiger partial charge in [-0.05, 0) is 37.6 Å². The summed E-state index contributed by atoms with van der Waals surface area (Å²) in [6, 6.07) is 13.5. The van der Waals surface area contributed by atoms with Crippen LogP contribution in [0.3, 0.4) is 0 Å². The van der Waals surface area contributed by atoms with Gasteiger partial charge in [-0.2, -0.15) is 0 Å². The molecule has 0 amide bonds. The number of hydrogen-bond donors (Lipinski definition) is 1. The van der Waals surface area contributed by atoms with Crippen molar-refractivity contribution in [1.82, 2.24) is 4.72 Å². The van der Waals surface area contributed by atoms with E-state index >= 15 is 0 Å². The van der Waals surface area contributed by atoms with Crippen LogP contribution < -0.4 is 14.4 Å². The SMILES string of the molecule is CCN(CCCNS(=O)(=O)c1ccc(OC)cc1[N+](=O)[O-])c1ccccc1. The van der Waals surface area contributed by atoms with Crippen LogP contribution in [0.4, 0.5) is 11.4 Å². The van der Waals surface area contributed by atoms with Gasteiger partial charge in [-0.1, -0.05) is 18.2 Å². The van der Waals surface area contributed by atoms with Crippen molar-refractivity contribution >= 4 is 21.4 Å². The van der Waals surface area contributed by atoms with Gasteiger partial charge < -0.3 is 9.64 Å². The zero-order chi connectivity index (χ0) is 19.9. The van der Waals surface area contributed by atoms with Crippen molar-refractivity contribution in [2.45, 2.75) is 18.2 Å². The number of para-hydroxylation sites is 1. The van der Waals surface area contributed by atoms with Crippen molar-refractivity contribution in [2.24, 2.45) is 0 Å². The van der Waals surface area contributed by atoms with Gasteiger partial charge in [-0.15, -0.1) is 0 Å². The van der Waals surface area contributed by atoms with Gasteiger partial charge in [-0.25, -0.2) is 13.1 Å². The van der Waals surface area contributed by atoms with Crippen LogP contribution in [-0.2, 0) is 10.0 Å². The summed E-state index contributed by atoms with van der Waals surface area (Å²) in [6.45, 7) is 3.65. The summed E-state index contributed by atoms with van der Waals surface area (Å²) in [5, 5.41) is 11.2. The number of hydrogen-bond acceptors (Lipinski definition) is 6. The number of nitrogens with zero attached hydrogens (tertiary/aromatic N) is 2. The van der Waals surface area contributed by atoms with Crippen LogP contribution in [-0.4, -0.2) is 40.1 Å². The topological polar surface area (TPSA) is 102 Å². The Bertz CT molecular complexity index is 872. The molecule has 0 heterocycles. The summed E-state index contributed by atoms with van der Waals surface area (Å²) < 4.78 is 32.3. The molecule has 0 unspecified atom stereocenters. The monoisotopic (exact) mass is 393 g/mol. The van der Waals surface area contributed by atoms with E-state index in [9.17, 15) is 18.5 Å². The quantitative estimate of drug-likeness (QED) is 0.378. The Morgan fingerprint density at radius 1 is 1.19 bits per heavy atom. The third-order valence-corrected chi connectivity index (χ3v) is 5.56. The van der Waals surface area contributed by atoms with Gasteiger partial charge in [0.25, 0.3) is 5.69 Å². The van der Waals surface area contributed by atoms with Crippen LogP contribution in [0.15, 0.2) is 53.4 Å². The fraction of sp³-hybridized carbons (Fsp3) is 0.333. The normalized spacial score (nSPS) is 11.2. The molecule has 0 aliphatic rings. The maximum absolute atomic E-state index is 12.5. The van der Waals surface area contributed by atoms with Crippen LogP contribution in [0.5, 0.6) is 5.75 Å². The molecular formula is C18H23N3O5S. The van der Waals surface area contributed by atoms with E-state index in [1.165, 1.54) is 19.2 Å². The molecule has 2 aromatic rings. The van der Waals surface area contributed by atoms with Gasteiger partial charge in [0.05, 0.1) is 18.1 Å². The highest BCUT2D eigenvalue weighted by Gasteiger charge is 2.26. The molecule has 0 aliphatic heterocycles. The minimum absolute atomic E-state index is 0.175. The fourth-order valence-corrected chi connectivity index (χ4v) is 3.88. The molecule has 1 N–H and O–H groups in total. The smallest absolute Gasteiger partial charge is 0.293 e. The Balaban J connectivity index is 2.02. The minimum Gasteiger partial charge on any atom is -0.497 e. The molecule has 0 spiro atoms. The second-order valence-electron chi connectivity index (χ2n) is 5.76. The lowest BCUT2D eigenvalue weighted by molar-refractivity contribution is -0.387. The van der Waals surface area contributed by atoms with E-state index in [0.29, 0.717) is 13.0 Å². The molecule has 0 fully saturated rings. The number of methoxy groups -OCH3 is 1. The van der Waals surface area contributed by atoms with Gasteiger partial charge >= 0.3 is 0 Å². The number of rotatable bonds is 10. The summed E-state index contributed by atoms with van der Waals surface area (Å²) in [5.41, 5.74) is 0.551. The lowest BCUT2D eigenvalue weighted by Crippen LogP contribution is -2.30. The van der Waals surface area contributed by atoms with Crippen LogP contribution in [0.1, 0.15) is 13.3 Å². The Kier molecular flexibility index (Phi) is 7.14. The number of sulfonamides is 1. The predicted molar refractivity (Wildman–Crippen MR) is 104 cm³/mol. The zero-order valence-corrected chi connectivity index (χ0v) is 16.1. The molecule has 0 bridgehead atoms. The van der Waals surface area contributed by atoms with Crippen molar-refractivity contribution in [2.75, 3.05) is 31.6 Å². The van der Waals surface area contributed by atoms with E-state index in [0.717, 1.165) is 18.3 Å². The van der Waals surface area contributed by atoms with Crippen LogP contribution in [0.25, 0.3) is 0 Å².